The minimum Gasteiger partial charge on any atom is -0.330 e. The minimum atomic E-state index is 0.571. The molecule has 0 spiro atoms. The van der Waals surface area contributed by atoms with Crippen molar-refractivity contribution in [3.8, 4) is 0 Å². The zero-order valence-corrected chi connectivity index (χ0v) is 8.40. The first-order valence-corrected chi connectivity index (χ1v) is 5.28. The van der Waals surface area contributed by atoms with Crippen LogP contribution in [0.1, 0.15) is 46.0 Å². The van der Waals surface area contributed by atoms with Gasteiger partial charge in [-0.05, 0) is 49.0 Å². The van der Waals surface area contributed by atoms with E-state index in [1.54, 1.807) is 0 Å². The molecule has 0 radical (unpaired) electrons. The Kier molecular flexibility index (Phi) is 1.76. The van der Waals surface area contributed by atoms with Crippen molar-refractivity contribution in [2.75, 3.05) is 6.54 Å². The highest BCUT2D eigenvalue weighted by atomic mass is 14.7. The molecule has 1 nitrogen and oxygen atoms in total. The Morgan fingerprint density at radius 2 is 1.83 bits per heavy atom. The van der Waals surface area contributed by atoms with E-state index in [2.05, 4.69) is 13.8 Å². The average molecular weight is 167 g/mol. The molecule has 0 saturated heterocycles. The molecule has 0 aromatic carbocycles. The van der Waals surface area contributed by atoms with Crippen molar-refractivity contribution < 1.29 is 0 Å². The topological polar surface area (TPSA) is 26.0 Å². The van der Waals surface area contributed by atoms with E-state index in [1.807, 2.05) is 0 Å². The largest absolute Gasteiger partial charge is 0.330 e. The van der Waals surface area contributed by atoms with Gasteiger partial charge in [0, 0.05) is 0 Å². The molecule has 1 heteroatoms. The first-order valence-electron chi connectivity index (χ1n) is 5.28. The van der Waals surface area contributed by atoms with E-state index in [9.17, 15) is 0 Å². The van der Waals surface area contributed by atoms with Gasteiger partial charge in [-0.25, -0.2) is 0 Å². The van der Waals surface area contributed by atoms with Crippen LogP contribution in [-0.4, -0.2) is 6.54 Å². The van der Waals surface area contributed by atoms with Gasteiger partial charge in [0.2, 0.25) is 0 Å². The van der Waals surface area contributed by atoms with Crippen LogP contribution in [0.15, 0.2) is 0 Å². The zero-order valence-electron chi connectivity index (χ0n) is 8.40. The van der Waals surface area contributed by atoms with Crippen molar-refractivity contribution in [3.63, 3.8) is 0 Å². The highest BCUT2D eigenvalue weighted by Gasteiger charge is 2.53. The standard InChI is InChI=1S/C11H21N/c1-10(2)6-11(7-10,8-12)9-4-3-5-9/h9H,3-8,12H2,1-2H3. The van der Waals surface area contributed by atoms with Crippen molar-refractivity contribution in [2.24, 2.45) is 22.5 Å². The van der Waals surface area contributed by atoms with Gasteiger partial charge in [-0.2, -0.15) is 0 Å². The van der Waals surface area contributed by atoms with Crippen LogP contribution in [0.4, 0.5) is 0 Å². The Labute approximate surface area is 75.7 Å². The zero-order chi connectivity index (χ0) is 8.82. The van der Waals surface area contributed by atoms with Crippen LogP contribution in [0.25, 0.3) is 0 Å². The van der Waals surface area contributed by atoms with E-state index in [4.69, 9.17) is 5.73 Å². The lowest BCUT2D eigenvalue weighted by Crippen LogP contribution is -2.54. The third-order valence-electron chi connectivity index (χ3n) is 4.04. The number of nitrogens with two attached hydrogens (primary N) is 1. The molecular formula is C11H21N. The Bertz CT molecular complexity index is 171. The molecule has 2 fully saturated rings. The Balaban J connectivity index is 1.99. The van der Waals surface area contributed by atoms with Crippen molar-refractivity contribution in [2.45, 2.75) is 46.0 Å². The van der Waals surface area contributed by atoms with Gasteiger partial charge >= 0.3 is 0 Å². The fourth-order valence-electron chi connectivity index (χ4n) is 3.47. The van der Waals surface area contributed by atoms with Crippen LogP contribution < -0.4 is 5.73 Å². The van der Waals surface area contributed by atoms with Crippen LogP contribution in [0.3, 0.4) is 0 Å². The second kappa shape index (κ2) is 2.47. The molecule has 0 aliphatic heterocycles. The second-order valence-electron chi connectivity index (χ2n) is 5.71. The quantitative estimate of drug-likeness (QED) is 0.672. The molecule has 0 aromatic heterocycles. The fraction of sp³-hybridized carbons (Fsp3) is 1.00. The molecule has 2 aliphatic rings. The summed E-state index contributed by atoms with van der Waals surface area (Å²) in [5.41, 5.74) is 7.06. The molecule has 2 N–H and O–H groups in total. The molecule has 2 aliphatic carbocycles. The SMILES string of the molecule is CC1(C)CC(CN)(C2CCC2)C1. The summed E-state index contributed by atoms with van der Waals surface area (Å²) in [6, 6.07) is 0. The highest BCUT2D eigenvalue weighted by Crippen LogP contribution is 2.61. The Morgan fingerprint density at radius 3 is 2.08 bits per heavy atom. The van der Waals surface area contributed by atoms with Gasteiger partial charge in [-0.3, -0.25) is 0 Å². The predicted octanol–water partition coefficient (Wildman–Crippen LogP) is 2.55. The fourth-order valence-corrected chi connectivity index (χ4v) is 3.47. The summed E-state index contributed by atoms with van der Waals surface area (Å²) in [6.45, 7) is 5.68. The van der Waals surface area contributed by atoms with Gasteiger partial charge in [0.25, 0.3) is 0 Å². The summed E-state index contributed by atoms with van der Waals surface area (Å²) in [5, 5.41) is 0. The molecule has 0 unspecified atom stereocenters. The summed E-state index contributed by atoms with van der Waals surface area (Å²) in [7, 11) is 0. The number of hydrogen-bond acceptors (Lipinski definition) is 1. The van der Waals surface area contributed by atoms with Crippen molar-refractivity contribution >= 4 is 0 Å². The normalized spacial score (nSPS) is 32.2. The summed E-state index contributed by atoms with van der Waals surface area (Å²) in [5.74, 6) is 0.982. The molecule has 70 valence electrons. The molecular weight excluding hydrogens is 146 g/mol. The summed E-state index contributed by atoms with van der Waals surface area (Å²) in [6.07, 6.45) is 7.11. The highest BCUT2D eigenvalue weighted by molar-refractivity contribution is 5.04. The molecule has 2 rings (SSSR count). The molecule has 0 heterocycles. The van der Waals surface area contributed by atoms with Crippen molar-refractivity contribution in [1.82, 2.24) is 0 Å². The Hall–Kier alpha value is -0.0400. The van der Waals surface area contributed by atoms with Crippen LogP contribution >= 0.6 is 0 Å². The molecule has 0 aromatic rings. The maximum atomic E-state index is 5.90. The van der Waals surface area contributed by atoms with Crippen LogP contribution in [0, 0.1) is 16.7 Å². The second-order valence-corrected chi connectivity index (χ2v) is 5.71. The molecule has 0 bridgehead atoms. The summed E-state index contributed by atoms with van der Waals surface area (Å²) >= 11 is 0. The van der Waals surface area contributed by atoms with E-state index in [-0.39, 0.29) is 0 Å². The summed E-state index contributed by atoms with van der Waals surface area (Å²) < 4.78 is 0. The van der Waals surface area contributed by atoms with Crippen molar-refractivity contribution in [1.29, 1.82) is 0 Å². The third-order valence-corrected chi connectivity index (χ3v) is 4.04. The Morgan fingerprint density at radius 1 is 1.25 bits per heavy atom. The monoisotopic (exact) mass is 167 g/mol. The smallest absolute Gasteiger partial charge is 0.00175 e. The van der Waals surface area contributed by atoms with Gasteiger partial charge in [0.15, 0.2) is 0 Å². The lowest BCUT2D eigenvalue weighted by atomic mass is 9.46. The first kappa shape index (κ1) is 8.55. The number of hydrogen-bond donors (Lipinski definition) is 1. The lowest BCUT2D eigenvalue weighted by molar-refractivity contribution is -0.0807. The van der Waals surface area contributed by atoms with Gasteiger partial charge in [0.05, 0.1) is 0 Å². The average Bonchev–Trinajstić information content (AvgIpc) is 1.78. The van der Waals surface area contributed by atoms with Gasteiger partial charge in [-0.1, -0.05) is 20.3 Å². The predicted molar refractivity (Wildman–Crippen MR) is 51.8 cm³/mol. The van der Waals surface area contributed by atoms with E-state index in [0.29, 0.717) is 10.8 Å². The molecule has 12 heavy (non-hydrogen) atoms. The first-order chi connectivity index (χ1) is 5.58. The minimum absolute atomic E-state index is 0.571. The number of rotatable bonds is 2. The van der Waals surface area contributed by atoms with Gasteiger partial charge < -0.3 is 5.73 Å². The van der Waals surface area contributed by atoms with Crippen molar-refractivity contribution in [3.05, 3.63) is 0 Å². The van der Waals surface area contributed by atoms with Gasteiger partial charge in [-0.15, -0.1) is 0 Å². The van der Waals surface area contributed by atoms with E-state index in [1.165, 1.54) is 32.1 Å². The third kappa shape index (κ3) is 1.10. The molecule has 0 amide bonds. The van der Waals surface area contributed by atoms with E-state index >= 15 is 0 Å². The maximum Gasteiger partial charge on any atom is -0.00175 e. The summed E-state index contributed by atoms with van der Waals surface area (Å²) in [4.78, 5) is 0. The van der Waals surface area contributed by atoms with Crippen LogP contribution in [0.2, 0.25) is 0 Å². The van der Waals surface area contributed by atoms with Crippen LogP contribution in [-0.2, 0) is 0 Å². The molecule has 2 saturated carbocycles. The van der Waals surface area contributed by atoms with E-state index < -0.39 is 0 Å². The van der Waals surface area contributed by atoms with Gasteiger partial charge in [0.1, 0.15) is 0 Å². The molecule has 0 atom stereocenters. The van der Waals surface area contributed by atoms with E-state index in [0.717, 1.165) is 12.5 Å². The van der Waals surface area contributed by atoms with Crippen LogP contribution in [0.5, 0.6) is 0 Å². The maximum absolute atomic E-state index is 5.90. The lowest BCUT2D eigenvalue weighted by Gasteiger charge is -2.59.